The van der Waals surface area contributed by atoms with Crippen LogP contribution in [0, 0.1) is 6.92 Å². The Hall–Kier alpha value is -2.30. The zero-order chi connectivity index (χ0) is 15.1. The molecule has 0 unspecified atom stereocenters. The second-order valence-corrected chi connectivity index (χ2v) is 4.39. The van der Waals surface area contributed by atoms with Gasteiger partial charge >= 0.3 is 12.1 Å². The van der Waals surface area contributed by atoms with Crippen LogP contribution in [0.15, 0.2) is 24.3 Å². The Labute approximate surface area is 118 Å². The van der Waals surface area contributed by atoms with Crippen LogP contribution < -0.4 is 4.74 Å². The van der Waals surface area contributed by atoms with Crippen molar-refractivity contribution in [2.24, 2.45) is 0 Å². The van der Waals surface area contributed by atoms with Crippen molar-refractivity contribution in [1.82, 2.24) is 4.90 Å². The van der Waals surface area contributed by atoms with E-state index in [9.17, 15) is 9.59 Å². The Morgan fingerprint density at radius 1 is 1.30 bits per heavy atom. The molecule has 0 atom stereocenters. The molecular formula is C15H19NO4. The number of aryl methyl sites for hydroxylation is 1. The molecule has 0 aliphatic heterocycles. The number of esters is 1. The van der Waals surface area contributed by atoms with E-state index in [1.807, 2.05) is 13.0 Å². The van der Waals surface area contributed by atoms with E-state index in [1.54, 1.807) is 39.2 Å². The molecule has 108 valence electrons. The lowest BCUT2D eigenvalue weighted by atomic mass is 10.1. The van der Waals surface area contributed by atoms with E-state index in [4.69, 9.17) is 9.47 Å². The first kappa shape index (κ1) is 15.8. The van der Waals surface area contributed by atoms with Gasteiger partial charge in [0.1, 0.15) is 5.75 Å². The molecule has 0 saturated heterocycles. The van der Waals surface area contributed by atoms with Crippen molar-refractivity contribution in [2.75, 3.05) is 20.7 Å². The molecule has 1 rings (SSSR count). The lowest BCUT2D eigenvalue weighted by Crippen LogP contribution is -2.25. The van der Waals surface area contributed by atoms with Crippen molar-refractivity contribution in [1.29, 1.82) is 0 Å². The van der Waals surface area contributed by atoms with Gasteiger partial charge in [-0.05, 0) is 31.6 Å². The number of rotatable bonds is 4. The van der Waals surface area contributed by atoms with E-state index < -0.39 is 12.1 Å². The molecule has 0 radical (unpaired) electrons. The predicted molar refractivity (Wildman–Crippen MR) is 76.6 cm³/mol. The molecule has 0 saturated carbocycles. The highest BCUT2D eigenvalue weighted by molar-refractivity contribution is 5.87. The van der Waals surface area contributed by atoms with Gasteiger partial charge in [0.25, 0.3) is 0 Å². The third kappa shape index (κ3) is 4.76. The molecule has 0 aliphatic carbocycles. The van der Waals surface area contributed by atoms with E-state index in [0.29, 0.717) is 17.9 Å². The van der Waals surface area contributed by atoms with Crippen molar-refractivity contribution in [3.63, 3.8) is 0 Å². The molecule has 0 spiro atoms. The maximum absolute atomic E-state index is 11.6. The second-order valence-electron chi connectivity index (χ2n) is 4.39. The molecule has 5 heteroatoms. The van der Waals surface area contributed by atoms with Gasteiger partial charge in [-0.15, -0.1) is 0 Å². The molecule has 5 nitrogen and oxygen atoms in total. The van der Waals surface area contributed by atoms with E-state index in [2.05, 4.69) is 0 Å². The summed E-state index contributed by atoms with van der Waals surface area (Å²) in [6, 6.07) is 5.40. The van der Waals surface area contributed by atoms with Crippen LogP contribution in [0.1, 0.15) is 18.1 Å². The minimum Gasteiger partial charge on any atom is -0.463 e. The molecule has 0 heterocycles. The van der Waals surface area contributed by atoms with Crippen LogP contribution in [0.25, 0.3) is 6.08 Å². The lowest BCUT2D eigenvalue weighted by Gasteiger charge is -2.13. The van der Waals surface area contributed by atoms with Crippen molar-refractivity contribution in [3.05, 3.63) is 35.4 Å². The topological polar surface area (TPSA) is 55.8 Å². The van der Waals surface area contributed by atoms with Gasteiger partial charge in [0.2, 0.25) is 0 Å². The van der Waals surface area contributed by atoms with E-state index >= 15 is 0 Å². The highest BCUT2D eigenvalue weighted by atomic mass is 16.6. The van der Waals surface area contributed by atoms with Gasteiger partial charge in [0.15, 0.2) is 0 Å². The Balaban J connectivity index is 2.95. The lowest BCUT2D eigenvalue weighted by molar-refractivity contribution is -0.137. The molecule has 0 aliphatic rings. The number of hydrogen-bond donors (Lipinski definition) is 0. The van der Waals surface area contributed by atoms with E-state index in [1.165, 1.54) is 11.0 Å². The van der Waals surface area contributed by atoms with Crippen LogP contribution in [0.3, 0.4) is 0 Å². The van der Waals surface area contributed by atoms with Gasteiger partial charge in [0.05, 0.1) is 6.61 Å². The van der Waals surface area contributed by atoms with Gasteiger partial charge in [-0.2, -0.15) is 0 Å². The average molecular weight is 277 g/mol. The molecular weight excluding hydrogens is 258 g/mol. The summed E-state index contributed by atoms with van der Waals surface area (Å²) in [4.78, 5) is 24.2. The summed E-state index contributed by atoms with van der Waals surface area (Å²) >= 11 is 0. The number of benzene rings is 1. The summed E-state index contributed by atoms with van der Waals surface area (Å²) in [5.74, 6) is -0.0257. The molecule has 1 aromatic carbocycles. The van der Waals surface area contributed by atoms with Crippen LogP contribution in [0.5, 0.6) is 5.75 Å². The monoisotopic (exact) mass is 277 g/mol. The number of carbonyl (C=O) groups is 2. The van der Waals surface area contributed by atoms with Crippen molar-refractivity contribution < 1.29 is 19.1 Å². The van der Waals surface area contributed by atoms with Gasteiger partial charge in [0, 0.05) is 25.7 Å². The number of carbonyl (C=O) groups excluding carboxylic acids is 2. The highest BCUT2D eigenvalue weighted by Gasteiger charge is 2.10. The highest BCUT2D eigenvalue weighted by Crippen LogP contribution is 2.22. The van der Waals surface area contributed by atoms with Gasteiger partial charge < -0.3 is 14.4 Å². The minimum atomic E-state index is -0.471. The second kappa shape index (κ2) is 7.33. The quantitative estimate of drug-likeness (QED) is 0.627. The zero-order valence-corrected chi connectivity index (χ0v) is 12.2. The standard InChI is InChI=1S/C15H19NO4/c1-5-19-14(17)9-8-12-7-6-11(2)10-13(12)20-15(18)16(3)4/h6-10H,5H2,1-4H3/b9-8+. The number of hydrogen-bond acceptors (Lipinski definition) is 4. The molecule has 0 bridgehead atoms. The summed E-state index contributed by atoms with van der Waals surface area (Å²) in [5, 5.41) is 0. The van der Waals surface area contributed by atoms with Crippen LogP contribution in [0.4, 0.5) is 4.79 Å². The average Bonchev–Trinajstić information content (AvgIpc) is 2.38. The zero-order valence-electron chi connectivity index (χ0n) is 12.2. The Morgan fingerprint density at radius 2 is 2.00 bits per heavy atom. The van der Waals surface area contributed by atoms with Crippen molar-refractivity contribution in [2.45, 2.75) is 13.8 Å². The molecule has 0 N–H and O–H groups in total. The van der Waals surface area contributed by atoms with Gasteiger partial charge in [-0.3, -0.25) is 0 Å². The first-order valence-electron chi connectivity index (χ1n) is 6.28. The van der Waals surface area contributed by atoms with Crippen LogP contribution >= 0.6 is 0 Å². The van der Waals surface area contributed by atoms with Gasteiger partial charge in [-0.25, -0.2) is 9.59 Å². The smallest absolute Gasteiger partial charge is 0.414 e. The summed E-state index contributed by atoms with van der Waals surface area (Å²) in [6.07, 6.45) is 2.40. The van der Waals surface area contributed by atoms with Crippen molar-refractivity contribution in [3.8, 4) is 5.75 Å². The Morgan fingerprint density at radius 3 is 2.60 bits per heavy atom. The Bertz CT molecular complexity index is 521. The first-order chi connectivity index (χ1) is 9.43. The van der Waals surface area contributed by atoms with E-state index in [-0.39, 0.29) is 0 Å². The SMILES string of the molecule is CCOC(=O)/C=C/c1ccc(C)cc1OC(=O)N(C)C. The number of ether oxygens (including phenoxy) is 2. The third-order valence-corrected chi connectivity index (χ3v) is 2.42. The summed E-state index contributed by atoms with van der Waals surface area (Å²) in [5.41, 5.74) is 1.60. The minimum absolute atomic E-state index is 0.319. The third-order valence-electron chi connectivity index (χ3n) is 2.42. The predicted octanol–water partition coefficient (Wildman–Crippen LogP) is 2.63. The molecule has 0 fully saturated rings. The van der Waals surface area contributed by atoms with E-state index in [0.717, 1.165) is 5.56 Å². The van der Waals surface area contributed by atoms with Crippen LogP contribution in [-0.2, 0) is 9.53 Å². The fourth-order valence-electron chi connectivity index (χ4n) is 1.40. The van der Waals surface area contributed by atoms with Crippen LogP contribution in [0.2, 0.25) is 0 Å². The first-order valence-corrected chi connectivity index (χ1v) is 6.28. The van der Waals surface area contributed by atoms with Crippen molar-refractivity contribution >= 4 is 18.1 Å². The fraction of sp³-hybridized carbons (Fsp3) is 0.333. The maximum Gasteiger partial charge on any atom is 0.414 e. The fourth-order valence-corrected chi connectivity index (χ4v) is 1.40. The summed E-state index contributed by atoms with van der Waals surface area (Å²) in [7, 11) is 3.21. The molecule has 0 aromatic heterocycles. The number of nitrogens with zero attached hydrogens (tertiary/aromatic N) is 1. The largest absolute Gasteiger partial charge is 0.463 e. The number of amides is 1. The maximum atomic E-state index is 11.6. The van der Waals surface area contributed by atoms with Gasteiger partial charge in [-0.1, -0.05) is 12.1 Å². The molecule has 20 heavy (non-hydrogen) atoms. The summed E-state index contributed by atoms with van der Waals surface area (Å²) < 4.78 is 10.1. The Kier molecular flexibility index (Phi) is 5.77. The molecule has 1 amide bonds. The van der Waals surface area contributed by atoms with Crippen LogP contribution in [-0.4, -0.2) is 37.7 Å². The summed E-state index contributed by atoms with van der Waals surface area (Å²) in [6.45, 7) is 3.95. The normalized spacial score (nSPS) is 10.4. The molecule has 1 aromatic rings.